The first-order valence-electron chi connectivity index (χ1n) is 10.9. The van der Waals surface area contributed by atoms with E-state index < -0.39 is 10.0 Å². The fourth-order valence-corrected chi connectivity index (χ4v) is 7.28. The smallest absolute Gasteiger partial charge is 0.214 e. The highest BCUT2D eigenvalue weighted by atomic mass is 32.2. The standard InChI is InChI=1S/C20H29FN4O4S/c1-2-16-18(21)19(23-12-22-16)25-10-15-14(17-3-6-20(15,11-25)29-17)9-24-30(26,27)13-4-7-28-8-5-13/h12-15,17,24H,2-11H2,1H3/t14-,15+,17+,20+/m0/s1. The molecule has 5 heterocycles. The fourth-order valence-electron chi connectivity index (χ4n) is 5.80. The maximum atomic E-state index is 14.8. The van der Waals surface area contributed by atoms with Crippen LogP contribution in [0.3, 0.4) is 0 Å². The molecule has 4 saturated heterocycles. The molecule has 0 saturated carbocycles. The molecule has 1 aromatic rings. The van der Waals surface area contributed by atoms with Crippen LogP contribution in [0.15, 0.2) is 6.33 Å². The Morgan fingerprint density at radius 1 is 1.30 bits per heavy atom. The van der Waals surface area contributed by atoms with Crippen molar-refractivity contribution in [2.75, 3.05) is 37.7 Å². The molecule has 0 aliphatic carbocycles. The largest absolute Gasteiger partial charge is 0.381 e. The van der Waals surface area contributed by atoms with Gasteiger partial charge in [0.2, 0.25) is 10.0 Å². The van der Waals surface area contributed by atoms with Crippen LogP contribution in [0.1, 0.15) is 38.3 Å². The first-order valence-corrected chi connectivity index (χ1v) is 12.5. The number of nitrogens with one attached hydrogen (secondary N) is 1. The Morgan fingerprint density at radius 2 is 2.10 bits per heavy atom. The van der Waals surface area contributed by atoms with Crippen molar-refractivity contribution in [3.8, 4) is 0 Å². The molecule has 8 nitrogen and oxygen atoms in total. The SMILES string of the molecule is CCc1ncnc(N2C[C@@H]3[C@H](CNS(=O)(=O)C4CCOCC4)[C@H]4CC[C@]3(C2)O4)c1F. The maximum absolute atomic E-state index is 14.8. The second kappa shape index (κ2) is 7.65. The molecule has 4 aliphatic rings. The molecular formula is C20H29FN4O4S. The minimum Gasteiger partial charge on any atom is -0.381 e. The molecule has 4 atom stereocenters. The van der Waals surface area contributed by atoms with Crippen LogP contribution in [0.4, 0.5) is 10.2 Å². The van der Waals surface area contributed by atoms with Crippen LogP contribution in [-0.2, 0) is 25.9 Å². The molecule has 1 aromatic heterocycles. The number of sulfonamides is 1. The van der Waals surface area contributed by atoms with Crippen LogP contribution in [0.5, 0.6) is 0 Å². The Kier molecular flexibility index (Phi) is 5.24. The number of halogens is 1. The van der Waals surface area contributed by atoms with Gasteiger partial charge in [0.1, 0.15) is 6.33 Å². The Bertz CT molecular complexity index is 910. The van der Waals surface area contributed by atoms with Gasteiger partial charge in [0, 0.05) is 44.7 Å². The van der Waals surface area contributed by atoms with Gasteiger partial charge in [-0.05, 0) is 32.1 Å². The number of rotatable bonds is 6. The van der Waals surface area contributed by atoms with E-state index in [1.54, 1.807) is 0 Å². The van der Waals surface area contributed by atoms with E-state index in [2.05, 4.69) is 14.7 Å². The van der Waals surface area contributed by atoms with Gasteiger partial charge in [0.05, 0.1) is 22.6 Å². The monoisotopic (exact) mass is 440 g/mol. The van der Waals surface area contributed by atoms with Crippen LogP contribution >= 0.6 is 0 Å². The zero-order valence-electron chi connectivity index (χ0n) is 17.2. The van der Waals surface area contributed by atoms with Gasteiger partial charge < -0.3 is 14.4 Å². The molecule has 0 amide bonds. The summed E-state index contributed by atoms with van der Waals surface area (Å²) in [6.07, 6.45) is 4.91. The summed E-state index contributed by atoms with van der Waals surface area (Å²) < 4.78 is 54.9. The lowest BCUT2D eigenvalue weighted by Gasteiger charge is -2.30. The molecule has 0 radical (unpaired) electrons. The number of ether oxygens (including phenoxy) is 2. The Morgan fingerprint density at radius 3 is 2.87 bits per heavy atom. The van der Waals surface area contributed by atoms with Crippen molar-refractivity contribution in [2.24, 2.45) is 11.8 Å². The molecule has 10 heteroatoms. The minimum absolute atomic E-state index is 0.0657. The van der Waals surface area contributed by atoms with Gasteiger partial charge in [-0.15, -0.1) is 0 Å². The summed E-state index contributed by atoms with van der Waals surface area (Å²) in [5.74, 6) is 0.226. The van der Waals surface area contributed by atoms with Crippen molar-refractivity contribution in [1.29, 1.82) is 0 Å². The topological polar surface area (TPSA) is 93.7 Å². The molecule has 166 valence electrons. The number of hydrogen-bond donors (Lipinski definition) is 1. The number of nitrogens with zero attached hydrogens (tertiary/aromatic N) is 3. The summed E-state index contributed by atoms with van der Waals surface area (Å²) in [6, 6.07) is 0. The Balaban J connectivity index is 1.31. The predicted octanol–water partition coefficient (Wildman–Crippen LogP) is 1.26. The summed E-state index contributed by atoms with van der Waals surface area (Å²) in [4.78, 5) is 10.2. The Hall–Kier alpha value is -1.36. The number of fused-ring (bicyclic) bond motifs is 1. The van der Waals surface area contributed by atoms with Crippen molar-refractivity contribution >= 4 is 15.8 Å². The van der Waals surface area contributed by atoms with E-state index in [1.165, 1.54) is 6.33 Å². The highest BCUT2D eigenvalue weighted by Gasteiger charge is 2.63. The van der Waals surface area contributed by atoms with Gasteiger partial charge >= 0.3 is 0 Å². The van der Waals surface area contributed by atoms with E-state index in [4.69, 9.17) is 9.47 Å². The van der Waals surface area contributed by atoms with Crippen LogP contribution in [0, 0.1) is 17.7 Å². The van der Waals surface area contributed by atoms with Crippen molar-refractivity contribution in [3.63, 3.8) is 0 Å². The van der Waals surface area contributed by atoms with Crippen LogP contribution in [0.25, 0.3) is 0 Å². The molecule has 30 heavy (non-hydrogen) atoms. The van der Waals surface area contributed by atoms with E-state index >= 15 is 0 Å². The van der Waals surface area contributed by atoms with Crippen molar-refractivity contribution in [3.05, 3.63) is 17.8 Å². The van der Waals surface area contributed by atoms with Crippen LogP contribution in [0.2, 0.25) is 0 Å². The average molecular weight is 441 g/mol. The zero-order chi connectivity index (χ0) is 20.9. The highest BCUT2D eigenvalue weighted by molar-refractivity contribution is 7.90. The lowest BCUT2D eigenvalue weighted by atomic mass is 9.74. The summed E-state index contributed by atoms with van der Waals surface area (Å²) in [5.41, 5.74) is 0.0870. The second-order valence-corrected chi connectivity index (χ2v) is 11.0. The molecule has 1 N–H and O–H groups in total. The minimum atomic E-state index is -3.38. The van der Waals surface area contributed by atoms with Gasteiger partial charge in [-0.25, -0.2) is 27.5 Å². The number of aryl methyl sites for hydroxylation is 1. The molecule has 0 unspecified atom stereocenters. The van der Waals surface area contributed by atoms with Crippen LogP contribution in [-0.4, -0.2) is 68.2 Å². The molecular weight excluding hydrogens is 411 g/mol. The molecule has 4 fully saturated rings. The van der Waals surface area contributed by atoms with E-state index in [9.17, 15) is 12.8 Å². The van der Waals surface area contributed by atoms with Gasteiger partial charge in [-0.1, -0.05) is 6.92 Å². The molecule has 4 aliphatic heterocycles. The van der Waals surface area contributed by atoms with E-state index in [-0.39, 0.29) is 34.6 Å². The number of hydrogen-bond acceptors (Lipinski definition) is 7. The molecule has 0 aromatic carbocycles. The highest BCUT2D eigenvalue weighted by Crippen LogP contribution is 2.55. The summed E-state index contributed by atoms with van der Waals surface area (Å²) in [5, 5.41) is -0.387. The number of anilines is 1. The summed E-state index contributed by atoms with van der Waals surface area (Å²) >= 11 is 0. The maximum Gasteiger partial charge on any atom is 0.214 e. The Labute approximate surface area is 176 Å². The van der Waals surface area contributed by atoms with Gasteiger partial charge in [0.25, 0.3) is 0 Å². The van der Waals surface area contributed by atoms with Crippen molar-refractivity contribution < 1.29 is 22.3 Å². The lowest BCUT2D eigenvalue weighted by Crippen LogP contribution is -2.45. The third-order valence-corrected chi connectivity index (χ3v) is 9.31. The molecule has 1 spiro atoms. The summed E-state index contributed by atoms with van der Waals surface area (Å²) in [7, 11) is -3.38. The first-order chi connectivity index (χ1) is 14.4. The van der Waals surface area contributed by atoms with E-state index in [1.807, 2.05) is 11.8 Å². The zero-order valence-corrected chi connectivity index (χ0v) is 18.0. The van der Waals surface area contributed by atoms with Crippen molar-refractivity contribution in [1.82, 2.24) is 14.7 Å². The van der Waals surface area contributed by atoms with E-state index in [0.29, 0.717) is 63.6 Å². The second-order valence-electron chi connectivity index (χ2n) is 8.93. The van der Waals surface area contributed by atoms with Gasteiger partial charge in [0.15, 0.2) is 11.6 Å². The van der Waals surface area contributed by atoms with E-state index in [0.717, 1.165) is 12.8 Å². The first kappa shape index (κ1) is 20.5. The normalized spacial score (nSPS) is 33.9. The van der Waals surface area contributed by atoms with Crippen molar-refractivity contribution in [2.45, 2.75) is 56.0 Å². The molecule has 2 bridgehead atoms. The third kappa shape index (κ3) is 3.32. The quantitative estimate of drug-likeness (QED) is 0.712. The summed E-state index contributed by atoms with van der Waals surface area (Å²) in [6.45, 7) is 4.44. The fraction of sp³-hybridized carbons (Fsp3) is 0.800. The van der Waals surface area contributed by atoms with Gasteiger partial charge in [-0.3, -0.25) is 0 Å². The predicted molar refractivity (Wildman–Crippen MR) is 108 cm³/mol. The third-order valence-electron chi connectivity index (χ3n) is 7.39. The lowest BCUT2D eigenvalue weighted by molar-refractivity contribution is 0.0141. The van der Waals surface area contributed by atoms with Crippen LogP contribution < -0.4 is 9.62 Å². The van der Waals surface area contributed by atoms with Gasteiger partial charge in [-0.2, -0.15) is 0 Å². The average Bonchev–Trinajstić information content (AvgIpc) is 3.41. The molecule has 5 rings (SSSR count). The number of aromatic nitrogens is 2.